The Morgan fingerprint density at radius 3 is 2.60 bits per heavy atom. The number of rotatable bonds is 5. The van der Waals surface area contributed by atoms with Crippen LogP contribution < -0.4 is 0 Å². The molecule has 0 bridgehead atoms. The second-order valence-electron chi connectivity index (χ2n) is 6.87. The monoisotopic (exact) mass is 333 g/mol. The molecule has 0 unspecified atom stereocenters. The molecule has 0 aliphatic carbocycles. The van der Waals surface area contributed by atoms with E-state index in [0.29, 0.717) is 6.42 Å². The number of fused-ring (bicyclic) bond motifs is 1. The van der Waals surface area contributed by atoms with Crippen molar-refractivity contribution in [3.8, 4) is 0 Å². The molecule has 1 aliphatic rings. The van der Waals surface area contributed by atoms with Gasteiger partial charge in [-0.2, -0.15) is 0 Å². The molecule has 2 heterocycles. The molecule has 4 heteroatoms. The summed E-state index contributed by atoms with van der Waals surface area (Å²) in [6, 6.07) is 18.9. The van der Waals surface area contributed by atoms with Crippen LogP contribution in [0.3, 0.4) is 0 Å². The number of hydrogen-bond acceptors (Lipinski definition) is 2. The molecule has 0 N–H and O–H groups in total. The van der Waals surface area contributed by atoms with Crippen LogP contribution >= 0.6 is 0 Å². The van der Waals surface area contributed by atoms with Crippen LogP contribution in [0.25, 0.3) is 11.0 Å². The standard InChI is InChI=1S/C21H23N3O/c1-23-15-17(14-20(23)25)21-22-18-11-5-6-12-19(18)24(21)13-7-10-16-8-3-2-4-9-16/h2-6,8-9,11-12,17H,7,10,13-15H2,1H3/t17-/m1/s1. The van der Waals surface area contributed by atoms with E-state index in [2.05, 4.69) is 53.1 Å². The minimum Gasteiger partial charge on any atom is -0.345 e. The highest BCUT2D eigenvalue weighted by molar-refractivity contribution is 5.80. The van der Waals surface area contributed by atoms with Gasteiger partial charge in [-0.1, -0.05) is 42.5 Å². The fraction of sp³-hybridized carbons (Fsp3) is 0.333. The van der Waals surface area contributed by atoms with Gasteiger partial charge in [0.15, 0.2) is 0 Å². The summed E-state index contributed by atoms with van der Waals surface area (Å²) >= 11 is 0. The molecule has 1 aliphatic heterocycles. The average molecular weight is 333 g/mol. The Kier molecular flexibility index (Phi) is 4.26. The van der Waals surface area contributed by atoms with Gasteiger partial charge in [0.05, 0.1) is 11.0 Å². The van der Waals surface area contributed by atoms with Gasteiger partial charge in [0.2, 0.25) is 5.91 Å². The van der Waals surface area contributed by atoms with Crippen LogP contribution in [0, 0.1) is 0 Å². The summed E-state index contributed by atoms with van der Waals surface area (Å²) < 4.78 is 2.33. The minimum absolute atomic E-state index is 0.196. The second-order valence-corrected chi connectivity index (χ2v) is 6.87. The molecule has 1 saturated heterocycles. The maximum Gasteiger partial charge on any atom is 0.223 e. The number of aryl methyl sites for hydroxylation is 2. The summed E-state index contributed by atoms with van der Waals surface area (Å²) in [6.07, 6.45) is 2.68. The van der Waals surface area contributed by atoms with Crippen molar-refractivity contribution in [1.29, 1.82) is 0 Å². The SMILES string of the molecule is CN1C[C@H](c2nc3ccccc3n2CCCc2ccccc2)CC1=O. The van der Waals surface area contributed by atoms with Crippen LogP contribution in [0.2, 0.25) is 0 Å². The number of carbonyl (C=O) groups excluding carboxylic acids is 1. The van der Waals surface area contributed by atoms with E-state index in [4.69, 9.17) is 4.98 Å². The summed E-state index contributed by atoms with van der Waals surface area (Å²) in [5.74, 6) is 1.47. The molecule has 25 heavy (non-hydrogen) atoms. The van der Waals surface area contributed by atoms with Crippen LogP contribution in [0.5, 0.6) is 0 Å². The highest BCUT2D eigenvalue weighted by Gasteiger charge is 2.31. The Balaban J connectivity index is 1.60. The number of nitrogens with zero attached hydrogens (tertiary/aromatic N) is 3. The van der Waals surface area contributed by atoms with Crippen molar-refractivity contribution in [3.63, 3.8) is 0 Å². The first-order valence-corrected chi connectivity index (χ1v) is 8.95. The minimum atomic E-state index is 0.196. The molecule has 0 saturated carbocycles. The van der Waals surface area contributed by atoms with E-state index in [1.54, 1.807) is 0 Å². The number of imidazole rings is 1. The van der Waals surface area contributed by atoms with E-state index < -0.39 is 0 Å². The molecular weight excluding hydrogens is 310 g/mol. The zero-order valence-corrected chi connectivity index (χ0v) is 14.6. The lowest BCUT2D eigenvalue weighted by molar-refractivity contribution is -0.126. The largest absolute Gasteiger partial charge is 0.345 e. The van der Waals surface area contributed by atoms with Crippen molar-refractivity contribution in [2.75, 3.05) is 13.6 Å². The Hall–Kier alpha value is -2.62. The zero-order valence-electron chi connectivity index (χ0n) is 14.6. The first-order valence-electron chi connectivity index (χ1n) is 8.95. The van der Waals surface area contributed by atoms with Crippen LogP contribution in [-0.2, 0) is 17.8 Å². The Morgan fingerprint density at radius 1 is 1.08 bits per heavy atom. The van der Waals surface area contributed by atoms with Crippen molar-refractivity contribution < 1.29 is 4.79 Å². The molecule has 4 rings (SSSR count). The fourth-order valence-corrected chi connectivity index (χ4v) is 3.76. The molecule has 2 aromatic carbocycles. The lowest BCUT2D eigenvalue weighted by atomic mass is 10.1. The lowest BCUT2D eigenvalue weighted by Crippen LogP contribution is -2.19. The molecule has 1 atom stereocenters. The molecular formula is C21H23N3O. The van der Waals surface area contributed by atoms with E-state index in [1.165, 1.54) is 11.1 Å². The van der Waals surface area contributed by atoms with Crippen molar-refractivity contribution in [2.24, 2.45) is 0 Å². The maximum absolute atomic E-state index is 12.0. The molecule has 1 amide bonds. The Labute approximate surface area is 148 Å². The molecule has 128 valence electrons. The quantitative estimate of drug-likeness (QED) is 0.715. The normalized spacial score (nSPS) is 17.6. The van der Waals surface area contributed by atoms with Crippen LogP contribution in [0.1, 0.15) is 30.1 Å². The van der Waals surface area contributed by atoms with Gasteiger partial charge in [0.25, 0.3) is 0 Å². The summed E-state index contributed by atoms with van der Waals surface area (Å²) in [7, 11) is 1.88. The summed E-state index contributed by atoms with van der Waals surface area (Å²) in [6.45, 7) is 1.69. The van der Waals surface area contributed by atoms with Crippen LogP contribution in [0.4, 0.5) is 0 Å². The number of hydrogen-bond donors (Lipinski definition) is 0. The van der Waals surface area contributed by atoms with Gasteiger partial charge in [-0.15, -0.1) is 0 Å². The van der Waals surface area contributed by atoms with Gasteiger partial charge in [-0.3, -0.25) is 4.79 Å². The Bertz CT molecular complexity index is 885. The van der Waals surface area contributed by atoms with Crippen LogP contribution in [0.15, 0.2) is 54.6 Å². The van der Waals surface area contributed by atoms with Gasteiger partial charge in [-0.05, 0) is 30.5 Å². The van der Waals surface area contributed by atoms with Gasteiger partial charge >= 0.3 is 0 Å². The third kappa shape index (κ3) is 3.16. The number of amides is 1. The van der Waals surface area contributed by atoms with Crippen molar-refractivity contribution in [2.45, 2.75) is 31.7 Å². The zero-order chi connectivity index (χ0) is 17.2. The topological polar surface area (TPSA) is 38.1 Å². The first kappa shape index (κ1) is 15.9. The summed E-state index contributed by atoms with van der Waals surface area (Å²) in [4.78, 5) is 18.7. The highest BCUT2D eigenvalue weighted by atomic mass is 16.2. The van der Waals surface area contributed by atoms with Crippen molar-refractivity contribution in [3.05, 3.63) is 66.0 Å². The maximum atomic E-state index is 12.0. The second kappa shape index (κ2) is 6.71. The van der Waals surface area contributed by atoms with Crippen LogP contribution in [-0.4, -0.2) is 34.0 Å². The van der Waals surface area contributed by atoms with E-state index >= 15 is 0 Å². The first-order chi connectivity index (χ1) is 12.2. The smallest absolute Gasteiger partial charge is 0.223 e. The third-order valence-corrected chi connectivity index (χ3v) is 5.08. The molecule has 3 aromatic rings. The van der Waals surface area contributed by atoms with E-state index in [9.17, 15) is 4.79 Å². The highest BCUT2D eigenvalue weighted by Crippen LogP contribution is 2.30. The fourth-order valence-electron chi connectivity index (χ4n) is 3.76. The number of aromatic nitrogens is 2. The number of para-hydroxylation sites is 2. The van der Waals surface area contributed by atoms with Crippen molar-refractivity contribution in [1.82, 2.24) is 14.5 Å². The molecule has 0 radical (unpaired) electrons. The average Bonchev–Trinajstić information content (AvgIpc) is 3.16. The van der Waals surface area contributed by atoms with Gasteiger partial charge in [0.1, 0.15) is 5.82 Å². The molecule has 0 spiro atoms. The third-order valence-electron chi connectivity index (χ3n) is 5.08. The summed E-state index contributed by atoms with van der Waals surface area (Å²) in [5, 5.41) is 0. The Morgan fingerprint density at radius 2 is 1.84 bits per heavy atom. The van der Waals surface area contributed by atoms with Gasteiger partial charge < -0.3 is 9.47 Å². The van der Waals surface area contributed by atoms with Gasteiger partial charge in [-0.25, -0.2) is 4.98 Å². The molecule has 1 aromatic heterocycles. The number of benzene rings is 2. The molecule has 4 nitrogen and oxygen atoms in total. The van der Waals surface area contributed by atoms with Gasteiger partial charge in [0, 0.05) is 32.5 Å². The van der Waals surface area contributed by atoms with E-state index in [1.807, 2.05) is 18.0 Å². The lowest BCUT2D eigenvalue weighted by Gasteiger charge is -2.14. The van der Waals surface area contributed by atoms with E-state index in [0.717, 1.165) is 37.3 Å². The van der Waals surface area contributed by atoms with E-state index in [-0.39, 0.29) is 11.8 Å². The number of likely N-dealkylation sites (tertiary alicyclic amines) is 1. The summed E-state index contributed by atoms with van der Waals surface area (Å²) in [5.41, 5.74) is 3.57. The number of likely N-dealkylation sites (N-methyl/N-ethyl adjacent to an activating group) is 1. The molecule has 1 fully saturated rings. The predicted molar refractivity (Wildman–Crippen MR) is 99.5 cm³/mol. The van der Waals surface area contributed by atoms with Crippen molar-refractivity contribution >= 4 is 16.9 Å². The number of carbonyl (C=O) groups is 1. The predicted octanol–water partition coefficient (Wildman–Crippen LogP) is 3.61.